The zero-order valence-corrected chi connectivity index (χ0v) is 15.2. The quantitative estimate of drug-likeness (QED) is 0.711. The highest BCUT2D eigenvalue weighted by Gasteiger charge is 2.33. The van der Waals surface area contributed by atoms with Crippen LogP contribution in [-0.2, 0) is 6.54 Å². The summed E-state index contributed by atoms with van der Waals surface area (Å²) in [6.45, 7) is 5.52. The van der Waals surface area contributed by atoms with Gasteiger partial charge in [-0.1, -0.05) is 30.3 Å². The number of hydrogen-bond acceptors (Lipinski definition) is 3. The Morgan fingerprint density at radius 2 is 2.04 bits per heavy atom. The molecule has 1 aliphatic carbocycles. The molecule has 1 aliphatic heterocycles. The van der Waals surface area contributed by atoms with Crippen molar-refractivity contribution >= 4 is 6.03 Å². The van der Waals surface area contributed by atoms with E-state index in [-0.39, 0.29) is 6.03 Å². The summed E-state index contributed by atoms with van der Waals surface area (Å²) in [5, 5.41) is 15.9. The molecule has 2 amide bonds. The van der Waals surface area contributed by atoms with E-state index in [2.05, 4.69) is 46.7 Å². The van der Waals surface area contributed by atoms with Crippen molar-refractivity contribution in [3.05, 3.63) is 35.9 Å². The Hall–Kier alpha value is -1.59. The SMILES string of the molecule is CC1CC(CNC(=O)NCCC2(O)CCC2)CN1Cc1ccccc1. The Balaban J connectivity index is 1.34. The maximum absolute atomic E-state index is 11.9. The van der Waals surface area contributed by atoms with Gasteiger partial charge in [0.25, 0.3) is 0 Å². The van der Waals surface area contributed by atoms with Gasteiger partial charge in [-0.25, -0.2) is 4.79 Å². The van der Waals surface area contributed by atoms with Crippen molar-refractivity contribution in [1.82, 2.24) is 15.5 Å². The minimum Gasteiger partial charge on any atom is -0.390 e. The fourth-order valence-electron chi connectivity index (χ4n) is 3.95. The molecular weight excluding hydrogens is 314 g/mol. The van der Waals surface area contributed by atoms with E-state index in [1.165, 1.54) is 5.56 Å². The molecule has 1 aromatic carbocycles. The van der Waals surface area contributed by atoms with Crippen LogP contribution in [0.3, 0.4) is 0 Å². The van der Waals surface area contributed by atoms with Crippen LogP contribution in [0.4, 0.5) is 4.79 Å². The smallest absolute Gasteiger partial charge is 0.314 e. The van der Waals surface area contributed by atoms with E-state index in [4.69, 9.17) is 0 Å². The Morgan fingerprint density at radius 3 is 2.72 bits per heavy atom. The number of urea groups is 1. The van der Waals surface area contributed by atoms with E-state index in [0.29, 0.717) is 31.5 Å². The molecule has 0 bridgehead atoms. The molecule has 0 spiro atoms. The zero-order valence-electron chi connectivity index (χ0n) is 15.2. The van der Waals surface area contributed by atoms with Gasteiger partial charge in [0, 0.05) is 32.2 Å². The highest BCUT2D eigenvalue weighted by molar-refractivity contribution is 5.73. The molecular formula is C20H31N3O2. The van der Waals surface area contributed by atoms with Crippen molar-refractivity contribution in [3.63, 3.8) is 0 Å². The van der Waals surface area contributed by atoms with Gasteiger partial charge in [0.2, 0.25) is 0 Å². The normalized spacial score (nSPS) is 25.4. The molecule has 5 nitrogen and oxygen atoms in total. The maximum atomic E-state index is 11.9. The molecule has 1 heterocycles. The van der Waals surface area contributed by atoms with Crippen LogP contribution >= 0.6 is 0 Å². The Bertz CT molecular complexity index is 559. The Morgan fingerprint density at radius 1 is 1.28 bits per heavy atom. The van der Waals surface area contributed by atoms with Crippen molar-refractivity contribution in [3.8, 4) is 0 Å². The van der Waals surface area contributed by atoms with Gasteiger partial charge in [-0.05, 0) is 50.5 Å². The second-order valence-corrected chi connectivity index (χ2v) is 7.83. The summed E-state index contributed by atoms with van der Waals surface area (Å²) in [6, 6.07) is 11.0. The molecule has 1 saturated carbocycles. The van der Waals surface area contributed by atoms with E-state index in [1.54, 1.807) is 0 Å². The van der Waals surface area contributed by atoms with E-state index in [1.807, 2.05) is 6.07 Å². The first-order chi connectivity index (χ1) is 12.0. The van der Waals surface area contributed by atoms with Crippen molar-refractivity contribution in [1.29, 1.82) is 0 Å². The Kier molecular flexibility index (Phi) is 5.97. The van der Waals surface area contributed by atoms with E-state index in [9.17, 15) is 9.90 Å². The third-order valence-electron chi connectivity index (χ3n) is 5.73. The van der Waals surface area contributed by atoms with Crippen LogP contribution in [0.25, 0.3) is 0 Å². The molecule has 2 unspecified atom stereocenters. The minimum atomic E-state index is -0.522. The number of hydrogen-bond donors (Lipinski definition) is 3. The van der Waals surface area contributed by atoms with Crippen LogP contribution in [0.1, 0.15) is 44.6 Å². The lowest BCUT2D eigenvalue weighted by Crippen LogP contribution is -2.43. The summed E-state index contributed by atoms with van der Waals surface area (Å²) in [7, 11) is 0. The third kappa shape index (κ3) is 5.19. The summed E-state index contributed by atoms with van der Waals surface area (Å²) in [4.78, 5) is 14.4. The van der Waals surface area contributed by atoms with Crippen LogP contribution in [0.2, 0.25) is 0 Å². The van der Waals surface area contributed by atoms with Crippen LogP contribution < -0.4 is 10.6 Å². The molecule has 1 saturated heterocycles. The third-order valence-corrected chi connectivity index (χ3v) is 5.73. The van der Waals surface area contributed by atoms with Crippen LogP contribution in [0.15, 0.2) is 30.3 Å². The van der Waals surface area contributed by atoms with Gasteiger partial charge < -0.3 is 15.7 Å². The molecule has 25 heavy (non-hydrogen) atoms. The first-order valence-electron chi connectivity index (χ1n) is 9.56. The molecule has 138 valence electrons. The van der Waals surface area contributed by atoms with E-state index < -0.39 is 5.60 Å². The summed E-state index contributed by atoms with van der Waals surface area (Å²) < 4.78 is 0. The molecule has 2 aliphatic rings. The minimum absolute atomic E-state index is 0.114. The number of carbonyl (C=O) groups excluding carboxylic acids is 1. The molecule has 2 fully saturated rings. The summed E-state index contributed by atoms with van der Waals surface area (Å²) in [5.41, 5.74) is 0.821. The van der Waals surface area contributed by atoms with Crippen molar-refractivity contribution in [2.75, 3.05) is 19.6 Å². The van der Waals surface area contributed by atoms with Crippen molar-refractivity contribution in [2.45, 2.75) is 57.2 Å². The number of likely N-dealkylation sites (tertiary alicyclic amines) is 1. The average molecular weight is 345 g/mol. The number of amides is 2. The molecule has 0 radical (unpaired) electrons. The van der Waals surface area contributed by atoms with Crippen LogP contribution in [0.5, 0.6) is 0 Å². The topological polar surface area (TPSA) is 64.6 Å². The van der Waals surface area contributed by atoms with Gasteiger partial charge in [-0.2, -0.15) is 0 Å². The molecule has 2 atom stereocenters. The fourth-order valence-corrected chi connectivity index (χ4v) is 3.95. The monoisotopic (exact) mass is 345 g/mol. The van der Waals surface area contributed by atoms with Gasteiger partial charge in [-0.3, -0.25) is 4.90 Å². The van der Waals surface area contributed by atoms with Gasteiger partial charge in [0.05, 0.1) is 5.60 Å². The maximum Gasteiger partial charge on any atom is 0.314 e. The highest BCUT2D eigenvalue weighted by atomic mass is 16.3. The average Bonchev–Trinajstić information content (AvgIpc) is 2.92. The standard InChI is InChI=1S/C20H31N3O2/c1-16-12-18(15-23(16)14-17-6-3-2-4-7-17)13-22-19(24)21-11-10-20(25)8-5-9-20/h2-4,6-7,16,18,25H,5,8-15H2,1H3,(H2,21,22,24). The van der Waals surface area contributed by atoms with Gasteiger partial charge in [0.15, 0.2) is 0 Å². The first-order valence-corrected chi connectivity index (χ1v) is 9.56. The van der Waals surface area contributed by atoms with Crippen molar-refractivity contribution < 1.29 is 9.90 Å². The van der Waals surface area contributed by atoms with Crippen molar-refractivity contribution in [2.24, 2.45) is 5.92 Å². The summed E-state index contributed by atoms with van der Waals surface area (Å²) in [6.07, 6.45) is 4.61. The summed E-state index contributed by atoms with van der Waals surface area (Å²) in [5.74, 6) is 0.500. The number of rotatable bonds is 7. The number of benzene rings is 1. The second-order valence-electron chi connectivity index (χ2n) is 7.83. The Labute approximate surface area is 150 Å². The van der Waals surface area contributed by atoms with E-state index >= 15 is 0 Å². The highest BCUT2D eigenvalue weighted by Crippen LogP contribution is 2.34. The zero-order chi connectivity index (χ0) is 17.7. The number of carbonyl (C=O) groups is 1. The number of aliphatic hydroxyl groups is 1. The lowest BCUT2D eigenvalue weighted by atomic mass is 9.78. The molecule has 3 N–H and O–H groups in total. The lowest BCUT2D eigenvalue weighted by molar-refractivity contribution is -0.0389. The molecule has 3 rings (SSSR count). The van der Waals surface area contributed by atoms with Crippen LogP contribution in [-0.4, -0.2) is 47.3 Å². The second kappa shape index (κ2) is 8.19. The number of nitrogens with zero attached hydrogens (tertiary/aromatic N) is 1. The lowest BCUT2D eigenvalue weighted by Gasteiger charge is -2.36. The first kappa shape index (κ1) is 18.2. The van der Waals surface area contributed by atoms with Gasteiger partial charge in [-0.15, -0.1) is 0 Å². The number of nitrogens with one attached hydrogen (secondary N) is 2. The molecule has 5 heteroatoms. The largest absolute Gasteiger partial charge is 0.390 e. The predicted molar refractivity (Wildman–Crippen MR) is 99.2 cm³/mol. The van der Waals surface area contributed by atoms with Crippen LogP contribution in [0, 0.1) is 5.92 Å². The predicted octanol–water partition coefficient (Wildman–Crippen LogP) is 2.50. The van der Waals surface area contributed by atoms with Gasteiger partial charge in [0.1, 0.15) is 0 Å². The summed E-state index contributed by atoms with van der Waals surface area (Å²) >= 11 is 0. The fraction of sp³-hybridized carbons (Fsp3) is 0.650. The molecule has 0 aromatic heterocycles. The van der Waals surface area contributed by atoms with E-state index in [0.717, 1.165) is 38.8 Å². The molecule has 1 aromatic rings. The van der Waals surface area contributed by atoms with Gasteiger partial charge >= 0.3 is 6.03 Å².